The van der Waals surface area contributed by atoms with Gasteiger partial charge in [0.1, 0.15) is 0 Å². The molecule has 136 valence electrons. The van der Waals surface area contributed by atoms with Gasteiger partial charge in [-0.1, -0.05) is 60.1 Å². The summed E-state index contributed by atoms with van der Waals surface area (Å²) in [4.78, 5) is 23.8. The molecule has 0 radical (unpaired) electrons. The number of amides is 2. The maximum atomic E-state index is 11.9. The van der Waals surface area contributed by atoms with Crippen molar-refractivity contribution in [2.24, 2.45) is 5.10 Å². The maximum absolute atomic E-state index is 11.9. The number of nitrogens with one attached hydrogen (secondary N) is 2. The number of hydrazone groups is 1. The van der Waals surface area contributed by atoms with E-state index in [-0.39, 0.29) is 24.7 Å². The molecule has 2 N–H and O–H groups in total. The van der Waals surface area contributed by atoms with Gasteiger partial charge >= 0.3 is 0 Å². The summed E-state index contributed by atoms with van der Waals surface area (Å²) in [7, 11) is 0. The van der Waals surface area contributed by atoms with Crippen LogP contribution in [0.4, 0.5) is 5.69 Å². The van der Waals surface area contributed by atoms with Gasteiger partial charge in [-0.2, -0.15) is 5.10 Å². The van der Waals surface area contributed by atoms with Crippen LogP contribution in [0, 0.1) is 0 Å². The molecule has 6 heteroatoms. The average molecular weight is 380 g/mol. The number of fused-ring (bicyclic) bond motifs is 1. The van der Waals surface area contributed by atoms with Gasteiger partial charge in [0, 0.05) is 29.1 Å². The second-order valence-electron chi connectivity index (χ2n) is 5.92. The van der Waals surface area contributed by atoms with Gasteiger partial charge in [-0.15, -0.1) is 0 Å². The van der Waals surface area contributed by atoms with Gasteiger partial charge in [0.2, 0.25) is 11.8 Å². The minimum Gasteiger partial charge on any atom is -0.326 e. The molecule has 0 heterocycles. The molecular weight excluding hydrogens is 362 g/mol. The highest BCUT2D eigenvalue weighted by Crippen LogP contribution is 2.17. The fraction of sp³-hybridized carbons (Fsp3) is 0.0952. The van der Waals surface area contributed by atoms with Crippen molar-refractivity contribution in [3.8, 4) is 0 Å². The van der Waals surface area contributed by atoms with Crippen LogP contribution < -0.4 is 10.7 Å². The molecule has 0 aromatic heterocycles. The van der Waals surface area contributed by atoms with E-state index < -0.39 is 0 Å². The Kier molecular flexibility index (Phi) is 6.18. The van der Waals surface area contributed by atoms with Crippen molar-refractivity contribution in [2.45, 2.75) is 12.8 Å². The van der Waals surface area contributed by atoms with Crippen LogP contribution in [0.15, 0.2) is 71.8 Å². The Morgan fingerprint density at radius 2 is 1.67 bits per heavy atom. The second-order valence-corrected chi connectivity index (χ2v) is 6.36. The Bertz CT molecular complexity index is 996. The summed E-state index contributed by atoms with van der Waals surface area (Å²) in [5, 5.41) is 9.38. The molecule has 3 aromatic rings. The van der Waals surface area contributed by atoms with Gasteiger partial charge in [-0.3, -0.25) is 9.59 Å². The van der Waals surface area contributed by atoms with E-state index in [9.17, 15) is 9.59 Å². The molecule has 5 nitrogen and oxygen atoms in total. The number of hydrogen-bond acceptors (Lipinski definition) is 3. The van der Waals surface area contributed by atoms with Crippen LogP contribution in [-0.4, -0.2) is 18.0 Å². The standard InChI is InChI=1S/C21H18ClN3O2/c22-17-8-4-9-18(13-17)24-20(26)11-12-21(27)25-23-14-16-7-3-6-15-5-1-2-10-19(15)16/h1-10,13-14H,11-12H2,(H,24,26)(H,25,27). The Balaban J connectivity index is 1.49. The lowest BCUT2D eigenvalue weighted by Gasteiger charge is -2.05. The first-order valence-corrected chi connectivity index (χ1v) is 8.85. The van der Waals surface area contributed by atoms with E-state index in [0.717, 1.165) is 16.3 Å². The van der Waals surface area contributed by atoms with Crippen molar-refractivity contribution in [3.05, 3.63) is 77.3 Å². The van der Waals surface area contributed by atoms with Crippen LogP contribution in [0.3, 0.4) is 0 Å². The lowest BCUT2D eigenvalue weighted by atomic mass is 10.1. The van der Waals surface area contributed by atoms with E-state index >= 15 is 0 Å². The molecule has 3 aromatic carbocycles. The molecule has 0 spiro atoms. The van der Waals surface area contributed by atoms with Crippen molar-refractivity contribution in [2.75, 3.05) is 5.32 Å². The SMILES string of the molecule is O=C(CCC(=O)Nc1cccc(Cl)c1)NN=Cc1cccc2ccccc12. The van der Waals surface area contributed by atoms with Gasteiger partial charge in [0.05, 0.1) is 6.21 Å². The fourth-order valence-electron chi connectivity index (χ4n) is 2.61. The van der Waals surface area contributed by atoms with E-state index in [1.807, 2.05) is 42.5 Å². The largest absolute Gasteiger partial charge is 0.326 e. The number of rotatable bonds is 6. The minimum atomic E-state index is -0.326. The topological polar surface area (TPSA) is 70.6 Å². The number of anilines is 1. The Labute approximate surface area is 162 Å². The van der Waals surface area contributed by atoms with Crippen molar-refractivity contribution in [1.29, 1.82) is 0 Å². The highest BCUT2D eigenvalue weighted by atomic mass is 35.5. The smallest absolute Gasteiger partial charge is 0.240 e. The molecule has 0 unspecified atom stereocenters. The zero-order chi connectivity index (χ0) is 19.1. The predicted octanol–water partition coefficient (Wildman–Crippen LogP) is 4.36. The maximum Gasteiger partial charge on any atom is 0.240 e. The number of hydrogen-bond donors (Lipinski definition) is 2. The quantitative estimate of drug-likeness (QED) is 0.493. The van der Waals surface area contributed by atoms with Gasteiger partial charge in [0.25, 0.3) is 0 Å². The highest BCUT2D eigenvalue weighted by Gasteiger charge is 2.07. The molecule has 0 bridgehead atoms. The number of carbonyl (C=O) groups is 2. The third kappa shape index (κ3) is 5.39. The van der Waals surface area contributed by atoms with Crippen molar-refractivity contribution >= 4 is 46.1 Å². The summed E-state index contributed by atoms with van der Waals surface area (Å²) in [6.45, 7) is 0. The van der Waals surface area contributed by atoms with Crippen molar-refractivity contribution < 1.29 is 9.59 Å². The molecule has 3 rings (SSSR count). The minimum absolute atomic E-state index is 0.0409. The molecule has 0 atom stereocenters. The Morgan fingerprint density at radius 1 is 0.926 bits per heavy atom. The molecule has 0 fully saturated rings. The lowest BCUT2D eigenvalue weighted by Crippen LogP contribution is -2.20. The van der Waals surface area contributed by atoms with Crippen LogP contribution in [0.5, 0.6) is 0 Å². The van der Waals surface area contributed by atoms with Crippen LogP contribution >= 0.6 is 11.6 Å². The number of nitrogens with zero attached hydrogens (tertiary/aromatic N) is 1. The monoisotopic (exact) mass is 379 g/mol. The van der Waals surface area contributed by atoms with Crippen LogP contribution in [-0.2, 0) is 9.59 Å². The summed E-state index contributed by atoms with van der Waals surface area (Å²) in [6.07, 6.45) is 1.70. The molecule has 0 saturated heterocycles. The molecule has 0 aliphatic carbocycles. The van der Waals surface area contributed by atoms with Crippen molar-refractivity contribution in [3.63, 3.8) is 0 Å². The zero-order valence-corrected chi connectivity index (χ0v) is 15.2. The van der Waals surface area contributed by atoms with Gasteiger partial charge in [-0.25, -0.2) is 5.43 Å². The zero-order valence-electron chi connectivity index (χ0n) is 14.5. The average Bonchev–Trinajstić information content (AvgIpc) is 2.67. The lowest BCUT2D eigenvalue weighted by molar-refractivity contribution is -0.124. The third-order valence-corrected chi connectivity index (χ3v) is 4.14. The Hall–Kier alpha value is -3.18. The second kappa shape index (κ2) is 8.96. The van der Waals surface area contributed by atoms with E-state index in [2.05, 4.69) is 15.8 Å². The van der Waals surface area contributed by atoms with Crippen molar-refractivity contribution in [1.82, 2.24) is 5.43 Å². The van der Waals surface area contributed by atoms with Gasteiger partial charge < -0.3 is 5.32 Å². The Morgan fingerprint density at radius 3 is 2.52 bits per heavy atom. The first-order valence-electron chi connectivity index (χ1n) is 8.47. The van der Waals surface area contributed by atoms with Gasteiger partial charge in [-0.05, 0) is 29.0 Å². The van der Waals surface area contributed by atoms with E-state index in [1.165, 1.54) is 0 Å². The van der Waals surface area contributed by atoms with E-state index in [4.69, 9.17) is 11.6 Å². The number of halogens is 1. The first kappa shape index (κ1) is 18.6. The summed E-state index contributed by atoms with van der Waals surface area (Å²) in [5.74, 6) is -0.585. The summed E-state index contributed by atoms with van der Waals surface area (Å²) < 4.78 is 0. The van der Waals surface area contributed by atoms with E-state index in [0.29, 0.717) is 10.7 Å². The first-order chi connectivity index (χ1) is 13.1. The number of carbonyl (C=O) groups excluding carboxylic acids is 2. The summed E-state index contributed by atoms with van der Waals surface area (Å²) in [6, 6.07) is 20.7. The van der Waals surface area contributed by atoms with Crippen LogP contribution in [0.1, 0.15) is 18.4 Å². The summed E-state index contributed by atoms with van der Waals surface area (Å²) in [5.41, 5.74) is 3.96. The predicted molar refractivity (Wildman–Crippen MR) is 109 cm³/mol. The van der Waals surface area contributed by atoms with Crippen LogP contribution in [0.25, 0.3) is 10.8 Å². The van der Waals surface area contributed by atoms with Crippen LogP contribution in [0.2, 0.25) is 5.02 Å². The third-order valence-electron chi connectivity index (χ3n) is 3.90. The molecule has 0 aliphatic heterocycles. The molecule has 2 amide bonds. The van der Waals surface area contributed by atoms with Gasteiger partial charge in [0.15, 0.2) is 0 Å². The molecule has 0 aliphatic rings. The van der Waals surface area contributed by atoms with E-state index in [1.54, 1.807) is 30.5 Å². The fourth-order valence-corrected chi connectivity index (χ4v) is 2.80. The molecule has 27 heavy (non-hydrogen) atoms. The normalized spacial score (nSPS) is 10.9. The molecular formula is C21H18ClN3O2. The molecule has 0 saturated carbocycles. The number of benzene rings is 3. The highest BCUT2D eigenvalue weighted by molar-refractivity contribution is 6.30. The summed E-state index contributed by atoms with van der Waals surface area (Å²) >= 11 is 5.87.